The van der Waals surface area contributed by atoms with Crippen LogP contribution >= 0.6 is 0 Å². The van der Waals surface area contributed by atoms with Gasteiger partial charge in [0.25, 0.3) is 5.91 Å². The van der Waals surface area contributed by atoms with Crippen LogP contribution in [0.1, 0.15) is 35.0 Å². The number of rotatable bonds is 6. The summed E-state index contributed by atoms with van der Waals surface area (Å²) in [4.78, 5) is 33.5. The first-order valence-electron chi connectivity index (χ1n) is 5.78. The third kappa shape index (κ3) is 4.82. The molecule has 1 aromatic heterocycles. The molecule has 2 amide bonds. The maximum Gasteiger partial charge on any atom is 0.371 e. The monoisotopic (exact) mass is 268 g/mol. The van der Waals surface area contributed by atoms with Crippen molar-refractivity contribution in [2.45, 2.75) is 13.8 Å². The minimum absolute atomic E-state index is 0.144. The van der Waals surface area contributed by atoms with E-state index in [0.717, 1.165) is 0 Å². The van der Waals surface area contributed by atoms with Crippen LogP contribution in [0.3, 0.4) is 0 Å². The van der Waals surface area contributed by atoms with Crippen molar-refractivity contribution in [1.29, 1.82) is 0 Å². The summed E-state index contributed by atoms with van der Waals surface area (Å²) >= 11 is 0. The second-order valence-corrected chi connectivity index (χ2v) is 4.35. The predicted octanol–water partition coefficient (Wildman–Crippen LogP) is 0.480. The fourth-order valence-corrected chi connectivity index (χ4v) is 1.20. The summed E-state index contributed by atoms with van der Waals surface area (Å²) in [5.41, 5.74) is 0. The molecule has 0 atom stereocenters. The molecule has 19 heavy (non-hydrogen) atoms. The number of carbonyl (C=O) groups is 3. The normalized spacial score (nSPS) is 10.3. The van der Waals surface area contributed by atoms with Gasteiger partial charge in [0, 0.05) is 6.54 Å². The van der Waals surface area contributed by atoms with Crippen molar-refractivity contribution in [1.82, 2.24) is 10.6 Å². The zero-order chi connectivity index (χ0) is 14.4. The molecular formula is C12H16N2O5. The van der Waals surface area contributed by atoms with E-state index in [1.807, 2.05) is 13.8 Å². The Morgan fingerprint density at radius 1 is 1.21 bits per heavy atom. The molecule has 0 aliphatic heterocycles. The third-order valence-corrected chi connectivity index (χ3v) is 2.16. The zero-order valence-electron chi connectivity index (χ0n) is 10.7. The van der Waals surface area contributed by atoms with Crippen LogP contribution in [-0.4, -0.2) is 36.0 Å². The molecule has 0 aromatic carbocycles. The van der Waals surface area contributed by atoms with Crippen molar-refractivity contribution in [3.8, 4) is 0 Å². The Balaban J connectivity index is 2.42. The number of aromatic carboxylic acids is 1. The number of carboxylic acids is 1. The highest BCUT2D eigenvalue weighted by molar-refractivity contribution is 5.95. The van der Waals surface area contributed by atoms with Crippen LogP contribution < -0.4 is 10.6 Å². The molecule has 0 spiro atoms. The topological polar surface area (TPSA) is 109 Å². The molecule has 7 heteroatoms. The van der Waals surface area contributed by atoms with Crippen LogP contribution in [0.2, 0.25) is 0 Å². The summed E-state index contributed by atoms with van der Waals surface area (Å²) in [7, 11) is 0. The lowest BCUT2D eigenvalue weighted by molar-refractivity contribution is -0.120. The van der Waals surface area contributed by atoms with E-state index in [1.54, 1.807) is 0 Å². The van der Waals surface area contributed by atoms with Crippen molar-refractivity contribution < 1.29 is 23.9 Å². The lowest BCUT2D eigenvalue weighted by Gasteiger charge is -2.07. The maximum absolute atomic E-state index is 11.5. The van der Waals surface area contributed by atoms with Gasteiger partial charge >= 0.3 is 5.97 Å². The summed E-state index contributed by atoms with van der Waals surface area (Å²) in [5, 5.41) is 13.6. The van der Waals surface area contributed by atoms with Crippen molar-refractivity contribution in [2.75, 3.05) is 13.1 Å². The van der Waals surface area contributed by atoms with E-state index in [9.17, 15) is 14.4 Å². The van der Waals surface area contributed by atoms with E-state index in [2.05, 4.69) is 10.6 Å². The van der Waals surface area contributed by atoms with Gasteiger partial charge in [-0.25, -0.2) is 4.79 Å². The molecule has 7 nitrogen and oxygen atoms in total. The number of amides is 2. The predicted molar refractivity (Wildman–Crippen MR) is 65.8 cm³/mol. The van der Waals surface area contributed by atoms with Gasteiger partial charge in [0.15, 0.2) is 5.76 Å². The number of nitrogens with one attached hydrogen (secondary N) is 2. The van der Waals surface area contributed by atoms with Gasteiger partial charge < -0.3 is 20.2 Å². The molecule has 1 rings (SSSR count). The smallest absolute Gasteiger partial charge is 0.371 e. The quantitative estimate of drug-likeness (QED) is 0.695. The Labute approximate surface area is 110 Å². The molecule has 0 unspecified atom stereocenters. The summed E-state index contributed by atoms with van der Waals surface area (Å²) in [6.45, 7) is 4.25. The molecule has 104 valence electrons. The highest BCUT2D eigenvalue weighted by Gasteiger charge is 2.15. The number of furan rings is 1. The Kier molecular flexibility index (Phi) is 5.11. The zero-order valence-corrected chi connectivity index (χ0v) is 10.7. The van der Waals surface area contributed by atoms with Crippen LogP contribution in [0.25, 0.3) is 0 Å². The first kappa shape index (κ1) is 14.7. The first-order valence-corrected chi connectivity index (χ1v) is 5.78. The van der Waals surface area contributed by atoms with Crippen molar-refractivity contribution >= 4 is 17.8 Å². The summed E-state index contributed by atoms with van der Waals surface area (Å²) in [6.07, 6.45) is 0. The van der Waals surface area contributed by atoms with Crippen molar-refractivity contribution in [3.63, 3.8) is 0 Å². The summed E-state index contributed by atoms with van der Waals surface area (Å²) < 4.78 is 4.79. The molecule has 0 aliphatic carbocycles. The van der Waals surface area contributed by atoms with E-state index in [0.29, 0.717) is 12.5 Å². The number of hydrogen-bond acceptors (Lipinski definition) is 4. The molecular weight excluding hydrogens is 252 g/mol. The molecule has 1 heterocycles. The minimum atomic E-state index is -1.26. The molecule has 1 aromatic rings. The van der Waals surface area contributed by atoms with Gasteiger partial charge in [0.1, 0.15) is 0 Å². The average Bonchev–Trinajstić information content (AvgIpc) is 2.83. The van der Waals surface area contributed by atoms with Gasteiger partial charge in [-0.3, -0.25) is 9.59 Å². The second kappa shape index (κ2) is 6.58. The molecule has 0 fully saturated rings. The standard InChI is InChI=1S/C12H16N2O5/c1-7(2)5-13-10(15)6-14-11(16)8-3-4-9(19-8)12(17)18/h3-4,7H,5-6H2,1-2H3,(H,13,15)(H,14,16)(H,17,18). The molecule has 3 N–H and O–H groups in total. The average molecular weight is 268 g/mol. The van der Waals surface area contributed by atoms with Gasteiger partial charge in [0.2, 0.25) is 11.7 Å². The largest absolute Gasteiger partial charge is 0.475 e. The summed E-state index contributed by atoms with van der Waals surface area (Å²) in [5.74, 6) is -2.35. The molecule has 0 radical (unpaired) electrons. The van der Waals surface area contributed by atoms with E-state index < -0.39 is 11.9 Å². The van der Waals surface area contributed by atoms with Gasteiger partial charge in [-0.05, 0) is 18.1 Å². The van der Waals surface area contributed by atoms with Gasteiger partial charge in [-0.2, -0.15) is 0 Å². The summed E-state index contributed by atoms with van der Waals surface area (Å²) in [6, 6.07) is 2.42. The minimum Gasteiger partial charge on any atom is -0.475 e. The lowest BCUT2D eigenvalue weighted by Crippen LogP contribution is -2.38. The fraction of sp³-hybridized carbons (Fsp3) is 0.417. The maximum atomic E-state index is 11.5. The molecule has 0 bridgehead atoms. The van der Waals surface area contributed by atoms with Crippen LogP contribution in [-0.2, 0) is 4.79 Å². The Morgan fingerprint density at radius 2 is 1.84 bits per heavy atom. The molecule has 0 aliphatic rings. The van der Waals surface area contributed by atoms with Gasteiger partial charge in [-0.15, -0.1) is 0 Å². The van der Waals surface area contributed by atoms with E-state index in [4.69, 9.17) is 9.52 Å². The number of carbonyl (C=O) groups excluding carboxylic acids is 2. The SMILES string of the molecule is CC(C)CNC(=O)CNC(=O)c1ccc(C(=O)O)o1. The first-order chi connectivity index (χ1) is 8.90. The van der Waals surface area contributed by atoms with E-state index >= 15 is 0 Å². The number of hydrogen-bond donors (Lipinski definition) is 3. The van der Waals surface area contributed by atoms with Crippen molar-refractivity contribution in [2.24, 2.45) is 5.92 Å². The Morgan fingerprint density at radius 3 is 2.37 bits per heavy atom. The van der Waals surface area contributed by atoms with Crippen LogP contribution in [0, 0.1) is 5.92 Å². The Hall–Kier alpha value is -2.31. The Bertz CT molecular complexity index is 478. The van der Waals surface area contributed by atoms with Crippen LogP contribution in [0.5, 0.6) is 0 Å². The number of carboxylic acid groups (broad SMARTS) is 1. The molecule has 0 saturated heterocycles. The molecule has 0 saturated carbocycles. The highest BCUT2D eigenvalue weighted by Crippen LogP contribution is 2.07. The van der Waals surface area contributed by atoms with E-state index in [1.165, 1.54) is 12.1 Å². The second-order valence-electron chi connectivity index (χ2n) is 4.35. The van der Waals surface area contributed by atoms with Gasteiger partial charge in [0.05, 0.1) is 6.54 Å². The van der Waals surface area contributed by atoms with E-state index in [-0.39, 0.29) is 24.0 Å². The lowest BCUT2D eigenvalue weighted by atomic mass is 10.2. The van der Waals surface area contributed by atoms with Crippen LogP contribution in [0.15, 0.2) is 16.5 Å². The third-order valence-electron chi connectivity index (χ3n) is 2.16. The van der Waals surface area contributed by atoms with Crippen molar-refractivity contribution in [3.05, 3.63) is 23.7 Å². The highest BCUT2D eigenvalue weighted by atomic mass is 16.4. The fourth-order valence-electron chi connectivity index (χ4n) is 1.20. The van der Waals surface area contributed by atoms with Gasteiger partial charge in [-0.1, -0.05) is 13.8 Å². The van der Waals surface area contributed by atoms with Crippen LogP contribution in [0.4, 0.5) is 0 Å².